The van der Waals surface area contributed by atoms with Crippen LogP contribution in [0.15, 0.2) is 69.6 Å². The van der Waals surface area contributed by atoms with Crippen molar-refractivity contribution in [1.29, 1.82) is 0 Å². The minimum atomic E-state index is -2.10. The van der Waals surface area contributed by atoms with Gasteiger partial charge in [0.25, 0.3) is 0 Å². The van der Waals surface area contributed by atoms with Crippen LogP contribution in [0.2, 0.25) is 0 Å². The van der Waals surface area contributed by atoms with Gasteiger partial charge in [-0.2, -0.15) is 0 Å². The molecule has 0 radical (unpaired) electrons. The van der Waals surface area contributed by atoms with Crippen LogP contribution in [0.5, 0.6) is 0 Å². The topological polar surface area (TPSA) is 0 Å². The maximum atomic E-state index is 2.50. The minimum absolute atomic E-state index is 0. The van der Waals surface area contributed by atoms with Crippen LogP contribution in [0, 0.1) is 0 Å². The summed E-state index contributed by atoms with van der Waals surface area (Å²) in [5.41, 5.74) is 7.58. The SMILES string of the molecule is CC1=CC[C]([Hf+2](=[C](C)C)[CH]2c3ccccc3-c3ccccc32)=C1.[Cl-].[Cl-]. The van der Waals surface area contributed by atoms with Crippen LogP contribution >= 0.6 is 0 Å². The number of halogens is 2. The van der Waals surface area contributed by atoms with Gasteiger partial charge in [-0.25, -0.2) is 0 Å². The van der Waals surface area contributed by atoms with E-state index in [9.17, 15) is 0 Å². The molecule has 0 saturated carbocycles. The maximum Gasteiger partial charge on any atom is -1.00 e. The summed E-state index contributed by atoms with van der Waals surface area (Å²) in [6.45, 7) is 7.03. The van der Waals surface area contributed by atoms with Crippen molar-refractivity contribution in [2.45, 2.75) is 30.9 Å². The van der Waals surface area contributed by atoms with Gasteiger partial charge < -0.3 is 24.8 Å². The molecule has 0 spiro atoms. The standard InChI is InChI=1S/C13H9.C6H7.C3H6.2ClH.Hf/c1-3-7-12-10(5-1)9-11-6-2-4-8-13(11)12;1-6-4-2-3-5-6;1-3-2;;;/h1-9H;4-5H,2H2,1H3;1-2H3;2*1H;/q;;;;;+2/p-2. The molecule has 2 aromatic rings. The Morgan fingerprint density at radius 1 is 0.880 bits per heavy atom. The van der Waals surface area contributed by atoms with E-state index in [1.165, 1.54) is 23.1 Å². The Kier molecular flexibility index (Phi) is 6.81. The van der Waals surface area contributed by atoms with Crippen LogP contribution in [0.25, 0.3) is 11.1 Å². The van der Waals surface area contributed by atoms with Crippen molar-refractivity contribution in [3.63, 3.8) is 0 Å². The van der Waals surface area contributed by atoms with Gasteiger partial charge in [0.15, 0.2) is 0 Å². The Morgan fingerprint density at radius 2 is 1.40 bits per heavy atom. The molecule has 0 unspecified atom stereocenters. The van der Waals surface area contributed by atoms with Crippen LogP contribution in [0.3, 0.4) is 0 Å². The van der Waals surface area contributed by atoms with Gasteiger partial charge in [0.2, 0.25) is 0 Å². The summed E-state index contributed by atoms with van der Waals surface area (Å²) < 4.78 is 4.17. The molecule has 0 aliphatic heterocycles. The van der Waals surface area contributed by atoms with Crippen LogP contribution in [0.1, 0.15) is 42.0 Å². The first-order valence-electron chi connectivity index (χ1n) is 8.40. The Hall–Kier alpha value is -0.760. The largest absolute Gasteiger partial charge is 1.00 e. The molecule has 0 nitrogen and oxygen atoms in total. The molecule has 0 atom stereocenters. The van der Waals surface area contributed by atoms with Gasteiger partial charge in [-0.3, -0.25) is 0 Å². The van der Waals surface area contributed by atoms with E-state index in [0.717, 1.165) is 0 Å². The van der Waals surface area contributed by atoms with E-state index in [2.05, 4.69) is 81.5 Å². The normalized spacial score (nSPS) is 14.2. The van der Waals surface area contributed by atoms with Crippen LogP contribution < -0.4 is 24.8 Å². The van der Waals surface area contributed by atoms with Crippen molar-refractivity contribution in [2.24, 2.45) is 0 Å². The average molecular weight is 536 g/mol. The number of hydrogen-bond donors (Lipinski definition) is 0. The van der Waals surface area contributed by atoms with Gasteiger partial charge in [-0.05, 0) is 0 Å². The summed E-state index contributed by atoms with van der Waals surface area (Å²) in [6.07, 6.45) is 6.11. The number of allylic oxidation sites excluding steroid dienone is 4. The van der Waals surface area contributed by atoms with E-state index in [-0.39, 0.29) is 24.8 Å². The number of fused-ring (bicyclic) bond motifs is 3. The van der Waals surface area contributed by atoms with Gasteiger partial charge in [-0.15, -0.1) is 0 Å². The number of benzene rings is 2. The minimum Gasteiger partial charge on any atom is -1.00 e. The number of rotatable bonds is 2. The maximum absolute atomic E-state index is 2.50. The molecule has 0 fully saturated rings. The molecule has 0 bridgehead atoms. The van der Waals surface area contributed by atoms with Crippen molar-refractivity contribution < 1.29 is 45.8 Å². The third-order valence-electron chi connectivity index (χ3n) is 5.05. The van der Waals surface area contributed by atoms with E-state index >= 15 is 0 Å². The summed E-state index contributed by atoms with van der Waals surface area (Å²) in [7, 11) is 0. The Balaban J connectivity index is 0.00000113. The van der Waals surface area contributed by atoms with Gasteiger partial charge >= 0.3 is 147 Å². The summed E-state index contributed by atoms with van der Waals surface area (Å²) in [4.78, 5) is 0. The Bertz CT molecular complexity index is 841. The average Bonchev–Trinajstić information content (AvgIpc) is 3.11. The zero-order valence-electron chi connectivity index (χ0n) is 14.8. The molecule has 128 valence electrons. The van der Waals surface area contributed by atoms with Crippen molar-refractivity contribution in [1.82, 2.24) is 0 Å². The molecule has 25 heavy (non-hydrogen) atoms. The number of hydrogen-bond acceptors (Lipinski definition) is 0. The van der Waals surface area contributed by atoms with E-state index in [1.54, 1.807) is 17.7 Å². The molecule has 0 aromatic heterocycles. The van der Waals surface area contributed by atoms with E-state index in [0.29, 0.717) is 3.67 Å². The second-order valence-corrected chi connectivity index (χ2v) is 17.8. The molecular formula is C22H22Cl2Hf. The third kappa shape index (κ3) is 3.56. The molecule has 2 aliphatic rings. The van der Waals surface area contributed by atoms with Gasteiger partial charge in [0.05, 0.1) is 0 Å². The summed E-state index contributed by atoms with van der Waals surface area (Å²) in [5, 5.41) is 0. The zero-order chi connectivity index (χ0) is 16.0. The molecule has 0 heterocycles. The molecule has 0 N–H and O–H groups in total. The summed E-state index contributed by atoms with van der Waals surface area (Å²) >= 11 is -2.10. The third-order valence-corrected chi connectivity index (χ3v) is 17.0. The predicted molar refractivity (Wildman–Crippen MR) is 96.5 cm³/mol. The molecule has 4 rings (SSSR count). The second-order valence-electron chi connectivity index (χ2n) is 6.84. The first-order valence-corrected chi connectivity index (χ1v) is 14.1. The summed E-state index contributed by atoms with van der Waals surface area (Å²) in [5.74, 6) is 0. The van der Waals surface area contributed by atoms with E-state index < -0.39 is 21.0 Å². The van der Waals surface area contributed by atoms with Gasteiger partial charge in [-0.1, -0.05) is 0 Å². The smallest absolute Gasteiger partial charge is 1.00 e. The summed E-state index contributed by atoms with van der Waals surface area (Å²) in [6, 6.07) is 18.2. The molecular weight excluding hydrogens is 514 g/mol. The van der Waals surface area contributed by atoms with Crippen LogP contribution in [-0.2, 0) is 21.0 Å². The predicted octanol–water partition coefficient (Wildman–Crippen LogP) is -0.171. The fourth-order valence-corrected chi connectivity index (χ4v) is 16.4. The van der Waals surface area contributed by atoms with Crippen molar-refractivity contribution in [3.05, 3.63) is 80.7 Å². The fraction of sp³-hybridized carbons (Fsp3) is 0.227. The first-order chi connectivity index (χ1) is 11.2. The van der Waals surface area contributed by atoms with E-state index in [4.69, 9.17) is 0 Å². The quantitative estimate of drug-likeness (QED) is 0.469. The molecule has 0 saturated heterocycles. The van der Waals surface area contributed by atoms with Crippen LogP contribution in [-0.4, -0.2) is 3.26 Å². The van der Waals surface area contributed by atoms with E-state index in [1.807, 2.05) is 0 Å². The van der Waals surface area contributed by atoms with Crippen molar-refractivity contribution >= 4 is 3.26 Å². The second kappa shape index (κ2) is 8.29. The Labute approximate surface area is 170 Å². The molecule has 0 amide bonds. The Morgan fingerprint density at radius 3 is 1.84 bits per heavy atom. The van der Waals surface area contributed by atoms with Crippen molar-refractivity contribution in [2.75, 3.05) is 0 Å². The van der Waals surface area contributed by atoms with Gasteiger partial charge in [0, 0.05) is 0 Å². The molecule has 2 aromatic carbocycles. The van der Waals surface area contributed by atoms with Crippen molar-refractivity contribution in [3.8, 4) is 11.1 Å². The first kappa shape index (κ1) is 20.6. The molecule has 2 aliphatic carbocycles. The monoisotopic (exact) mass is 536 g/mol. The van der Waals surface area contributed by atoms with Gasteiger partial charge in [0.1, 0.15) is 0 Å². The molecule has 3 heteroatoms. The fourth-order valence-electron chi connectivity index (χ4n) is 4.11. The van der Waals surface area contributed by atoms with Crippen LogP contribution in [0.4, 0.5) is 0 Å². The zero-order valence-corrected chi connectivity index (χ0v) is 19.9.